The molecule has 0 atom stereocenters. The Balaban J connectivity index is 1.55. The second kappa shape index (κ2) is 7.49. The van der Waals surface area contributed by atoms with Crippen molar-refractivity contribution in [1.82, 2.24) is 0 Å². The highest BCUT2D eigenvalue weighted by Gasteiger charge is 2.22. The number of rotatable bonds is 3. The minimum absolute atomic E-state index is 0.737. The molecule has 6 rings (SSSR count). The molecule has 0 N–H and O–H groups in total. The fourth-order valence-corrected chi connectivity index (χ4v) is 5.59. The number of halogens is 1. The average Bonchev–Trinajstić information content (AvgIpc) is 3.41. The molecule has 0 bridgehead atoms. The fraction of sp³-hybridized carbons (Fsp3) is 0.0357. The van der Waals surface area contributed by atoms with Crippen molar-refractivity contribution >= 4 is 60.1 Å². The van der Waals surface area contributed by atoms with Gasteiger partial charge in [0.2, 0.25) is 0 Å². The summed E-state index contributed by atoms with van der Waals surface area (Å²) < 4.78 is 2.63. The van der Waals surface area contributed by atoms with Gasteiger partial charge in [0.05, 0.1) is 11.4 Å². The van der Waals surface area contributed by atoms with Gasteiger partial charge in [-0.15, -0.1) is 11.3 Å². The molecule has 0 radical (unpaired) electrons. The van der Waals surface area contributed by atoms with E-state index in [9.17, 15) is 0 Å². The Morgan fingerprint density at radius 1 is 0.645 bits per heavy atom. The lowest BCUT2D eigenvalue weighted by atomic mass is 9.95. The zero-order valence-corrected chi connectivity index (χ0v) is 18.3. The van der Waals surface area contributed by atoms with Crippen LogP contribution >= 0.6 is 22.9 Å². The van der Waals surface area contributed by atoms with Gasteiger partial charge in [-0.05, 0) is 47.0 Å². The van der Waals surface area contributed by atoms with Crippen molar-refractivity contribution in [2.75, 3.05) is 0 Å². The van der Waals surface area contributed by atoms with E-state index in [4.69, 9.17) is 16.6 Å². The van der Waals surface area contributed by atoms with Gasteiger partial charge in [0, 0.05) is 37.2 Å². The molecule has 0 saturated heterocycles. The lowest BCUT2D eigenvalue weighted by Crippen LogP contribution is -1.97. The third kappa shape index (κ3) is 3.29. The van der Waals surface area contributed by atoms with Crippen LogP contribution in [-0.4, -0.2) is 5.71 Å². The number of fused-ring (bicyclic) bond motifs is 3. The van der Waals surface area contributed by atoms with E-state index in [-0.39, 0.29) is 0 Å². The van der Waals surface area contributed by atoms with E-state index in [1.807, 2.05) is 29.5 Å². The highest BCUT2D eigenvalue weighted by molar-refractivity contribution is 7.25. The Hall–Kier alpha value is -3.20. The van der Waals surface area contributed by atoms with Gasteiger partial charge in [0.15, 0.2) is 0 Å². The molecule has 1 aliphatic rings. The average molecular weight is 436 g/mol. The highest BCUT2D eigenvalue weighted by atomic mass is 35.5. The SMILES string of the molecule is Clc1cccc(C2=NC(c3ccc4sc5ccccc5c4c3)=C(c3ccccc3)C2)c1. The van der Waals surface area contributed by atoms with Gasteiger partial charge in [0.25, 0.3) is 0 Å². The van der Waals surface area contributed by atoms with Crippen molar-refractivity contribution in [3.63, 3.8) is 0 Å². The summed E-state index contributed by atoms with van der Waals surface area (Å²) >= 11 is 8.11. The van der Waals surface area contributed by atoms with Crippen molar-refractivity contribution in [3.05, 3.63) is 119 Å². The van der Waals surface area contributed by atoms with Crippen LogP contribution in [0.25, 0.3) is 31.4 Å². The minimum Gasteiger partial charge on any atom is -0.252 e. The van der Waals surface area contributed by atoms with Crippen LogP contribution in [-0.2, 0) is 0 Å². The quantitative estimate of drug-likeness (QED) is 0.269. The van der Waals surface area contributed by atoms with Crippen LogP contribution in [0.5, 0.6) is 0 Å². The van der Waals surface area contributed by atoms with Crippen molar-refractivity contribution in [2.45, 2.75) is 6.42 Å². The summed E-state index contributed by atoms with van der Waals surface area (Å²) in [5, 5.41) is 3.34. The van der Waals surface area contributed by atoms with Crippen LogP contribution in [0.3, 0.4) is 0 Å². The maximum Gasteiger partial charge on any atom is 0.0747 e. The molecular weight excluding hydrogens is 418 g/mol. The molecule has 0 saturated carbocycles. The molecular formula is C28H18ClNS. The number of benzene rings is 4. The first-order chi connectivity index (χ1) is 15.3. The first-order valence-electron chi connectivity index (χ1n) is 10.3. The maximum absolute atomic E-state index is 6.27. The molecule has 0 unspecified atom stereocenters. The second-order valence-electron chi connectivity index (χ2n) is 7.75. The van der Waals surface area contributed by atoms with Crippen LogP contribution in [0.1, 0.15) is 23.1 Å². The summed E-state index contributed by atoms with van der Waals surface area (Å²) in [6.07, 6.45) is 0.794. The van der Waals surface area contributed by atoms with Gasteiger partial charge < -0.3 is 0 Å². The molecule has 0 aliphatic carbocycles. The first-order valence-corrected chi connectivity index (χ1v) is 11.5. The van der Waals surface area contributed by atoms with E-state index in [2.05, 4.69) is 78.9 Å². The third-order valence-corrected chi connectivity index (χ3v) is 7.19. The van der Waals surface area contributed by atoms with Gasteiger partial charge in [-0.2, -0.15) is 0 Å². The predicted molar refractivity (Wildman–Crippen MR) is 135 cm³/mol. The molecule has 3 heteroatoms. The summed E-state index contributed by atoms with van der Waals surface area (Å²) in [7, 11) is 0. The van der Waals surface area contributed by atoms with E-state index in [0.717, 1.165) is 34.0 Å². The van der Waals surface area contributed by atoms with Crippen LogP contribution in [0.4, 0.5) is 0 Å². The van der Waals surface area contributed by atoms with Crippen molar-refractivity contribution in [2.24, 2.45) is 4.99 Å². The number of nitrogens with zero attached hydrogens (tertiary/aromatic N) is 1. The summed E-state index contributed by atoms with van der Waals surface area (Å²) in [4.78, 5) is 5.14. The molecule has 1 aliphatic heterocycles. The Kier molecular flexibility index (Phi) is 4.48. The minimum atomic E-state index is 0.737. The van der Waals surface area contributed by atoms with Crippen molar-refractivity contribution < 1.29 is 0 Å². The molecule has 31 heavy (non-hydrogen) atoms. The number of hydrogen-bond donors (Lipinski definition) is 0. The van der Waals surface area contributed by atoms with Gasteiger partial charge in [-0.3, -0.25) is 4.99 Å². The van der Waals surface area contributed by atoms with Gasteiger partial charge in [0.1, 0.15) is 0 Å². The highest BCUT2D eigenvalue weighted by Crippen LogP contribution is 2.40. The molecule has 2 heterocycles. The zero-order valence-electron chi connectivity index (χ0n) is 16.7. The topological polar surface area (TPSA) is 12.4 Å². The lowest BCUT2D eigenvalue weighted by molar-refractivity contribution is 1.47. The molecule has 1 nitrogen and oxygen atoms in total. The van der Waals surface area contributed by atoms with Crippen molar-refractivity contribution in [1.29, 1.82) is 0 Å². The van der Waals surface area contributed by atoms with Gasteiger partial charge >= 0.3 is 0 Å². The van der Waals surface area contributed by atoms with Crippen LogP contribution in [0.15, 0.2) is 102 Å². The predicted octanol–water partition coefficient (Wildman–Crippen LogP) is 8.47. The molecule has 0 amide bonds. The molecule has 0 fully saturated rings. The van der Waals surface area contributed by atoms with Gasteiger partial charge in [-0.1, -0.05) is 78.3 Å². The Morgan fingerprint density at radius 2 is 1.42 bits per heavy atom. The van der Waals surface area contributed by atoms with Crippen LogP contribution in [0.2, 0.25) is 5.02 Å². The molecule has 4 aromatic carbocycles. The van der Waals surface area contributed by atoms with E-state index in [1.165, 1.54) is 31.3 Å². The van der Waals surface area contributed by atoms with E-state index >= 15 is 0 Å². The first kappa shape index (κ1) is 18.6. The van der Waals surface area contributed by atoms with Gasteiger partial charge in [-0.25, -0.2) is 0 Å². The Labute approximate surface area is 190 Å². The largest absolute Gasteiger partial charge is 0.252 e. The summed E-state index contributed by atoms with van der Waals surface area (Å²) in [6, 6.07) is 33.9. The molecule has 5 aromatic rings. The fourth-order valence-electron chi connectivity index (χ4n) is 4.32. The summed E-state index contributed by atoms with van der Waals surface area (Å²) in [6.45, 7) is 0. The third-order valence-electron chi connectivity index (χ3n) is 5.81. The number of thiophene rings is 1. The normalized spacial score (nSPS) is 13.9. The number of aliphatic imine (C=N–C) groups is 1. The standard InChI is InChI=1S/C28H18ClNS/c29-21-10-6-9-19(15-21)25-17-23(18-7-2-1-3-8-18)28(30-25)20-13-14-27-24(16-20)22-11-4-5-12-26(22)31-27/h1-16H,17H2. The second-order valence-corrected chi connectivity index (χ2v) is 9.27. The van der Waals surface area contributed by atoms with Crippen molar-refractivity contribution in [3.8, 4) is 0 Å². The summed E-state index contributed by atoms with van der Waals surface area (Å²) in [5.41, 5.74) is 6.83. The Morgan fingerprint density at radius 3 is 2.29 bits per heavy atom. The maximum atomic E-state index is 6.27. The smallest absolute Gasteiger partial charge is 0.0747 e. The number of allylic oxidation sites excluding steroid dienone is 1. The van der Waals surface area contributed by atoms with Crippen LogP contribution in [0, 0.1) is 0 Å². The molecule has 0 spiro atoms. The lowest BCUT2D eigenvalue weighted by Gasteiger charge is -2.07. The molecule has 1 aromatic heterocycles. The molecule has 148 valence electrons. The summed E-state index contributed by atoms with van der Waals surface area (Å²) in [5.74, 6) is 0. The number of hydrogen-bond acceptors (Lipinski definition) is 2. The van der Waals surface area contributed by atoms with Crippen LogP contribution < -0.4 is 0 Å². The zero-order chi connectivity index (χ0) is 20.8. The van der Waals surface area contributed by atoms with E-state index < -0.39 is 0 Å². The monoisotopic (exact) mass is 435 g/mol. The van der Waals surface area contributed by atoms with E-state index in [0.29, 0.717) is 0 Å². The van der Waals surface area contributed by atoms with E-state index in [1.54, 1.807) is 0 Å². The Bertz CT molecular complexity index is 1510.